The van der Waals surface area contributed by atoms with E-state index in [0.717, 1.165) is 0 Å². The van der Waals surface area contributed by atoms with Gasteiger partial charge in [-0.2, -0.15) is 13.2 Å². The fraction of sp³-hybridized carbons (Fsp3) is 0.333. The molecule has 1 N–H and O–H groups in total. The lowest BCUT2D eigenvalue weighted by Gasteiger charge is -2.09. The van der Waals surface area contributed by atoms with E-state index in [0.29, 0.717) is 10.2 Å². The summed E-state index contributed by atoms with van der Waals surface area (Å²) in [4.78, 5) is 0. The van der Waals surface area contributed by atoms with E-state index in [4.69, 9.17) is 0 Å². The molecule has 90 valence electrons. The highest BCUT2D eigenvalue weighted by molar-refractivity contribution is 9.10. The van der Waals surface area contributed by atoms with Crippen LogP contribution in [-0.4, -0.2) is 17.8 Å². The number of hydrogen-bond donors (Lipinski definition) is 1. The summed E-state index contributed by atoms with van der Waals surface area (Å²) in [6, 6.07) is 3.98. The summed E-state index contributed by atoms with van der Waals surface area (Å²) < 4.78 is 48.8. The van der Waals surface area contributed by atoms with Crippen molar-refractivity contribution in [2.75, 3.05) is 17.6 Å². The van der Waals surface area contributed by atoms with Crippen LogP contribution in [0.2, 0.25) is 0 Å². The van der Waals surface area contributed by atoms with E-state index in [-0.39, 0.29) is 24.1 Å². The summed E-state index contributed by atoms with van der Waals surface area (Å²) in [5, 5.41) is 2.72. The number of halogens is 5. The molecule has 0 aliphatic heterocycles. The van der Waals surface area contributed by atoms with E-state index in [1.165, 1.54) is 18.2 Å². The quantitative estimate of drug-likeness (QED) is 0.658. The van der Waals surface area contributed by atoms with Gasteiger partial charge in [-0.1, -0.05) is 0 Å². The van der Waals surface area contributed by atoms with Crippen LogP contribution in [-0.2, 0) is 0 Å². The molecule has 0 saturated carbocycles. The monoisotopic (exact) mass is 317 g/mol. The third kappa shape index (κ3) is 5.07. The van der Waals surface area contributed by atoms with Gasteiger partial charge in [0, 0.05) is 16.8 Å². The molecule has 16 heavy (non-hydrogen) atoms. The molecule has 1 nitrogen and oxygen atoms in total. The van der Waals surface area contributed by atoms with Gasteiger partial charge in [0.05, 0.1) is 5.69 Å². The zero-order valence-corrected chi connectivity index (χ0v) is 10.3. The molecule has 1 rings (SSSR count). The zero-order chi connectivity index (χ0) is 12.2. The SMILES string of the molecule is Fc1ccc(Br)c(NCCSC(F)(F)F)c1. The second kappa shape index (κ2) is 5.77. The van der Waals surface area contributed by atoms with Crippen LogP contribution in [0.25, 0.3) is 0 Å². The molecule has 0 bridgehead atoms. The molecule has 0 radical (unpaired) electrons. The Morgan fingerprint density at radius 2 is 2.00 bits per heavy atom. The number of nitrogens with one attached hydrogen (secondary N) is 1. The van der Waals surface area contributed by atoms with Crippen LogP contribution in [0.1, 0.15) is 0 Å². The minimum absolute atomic E-state index is 0.109. The average molecular weight is 318 g/mol. The van der Waals surface area contributed by atoms with Gasteiger partial charge >= 0.3 is 5.51 Å². The molecule has 0 spiro atoms. The van der Waals surface area contributed by atoms with Gasteiger partial charge in [-0.05, 0) is 45.9 Å². The van der Waals surface area contributed by atoms with Crippen molar-refractivity contribution in [2.45, 2.75) is 5.51 Å². The second-order valence-corrected chi connectivity index (χ2v) is 4.86. The molecule has 1 aromatic rings. The van der Waals surface area contributed by atoms with Crippen molar-refractivity contribution in [3.05, 3.63) is 28.5 Å². The molecule has 0 saturated heterocycles. The molecule has 0 fully saturated rings. The molecule has 0 amide bonds. The van der Waals surface area contributed by atoms with Gasteiger partial charge in [0.15, 0.2) is 0 Å². The molecular weight excluding hydrogens is 310 g/mol. The van der Waals surface area contributed by atoms with Crippen molar-refractivity contribution in [1.29, 1.82) is 0 Å². The molecule has 0 atom stereocenters. The number of thioether (sulfide) groups is 1. The van der Waals surface area contributed by atoms with E-state index in [1.54, 1.807) is 0 Å². The Labute approximate surface area is 103 Å². The van der Waals surface area contributed by atoms with Crippen molar-refractivity contribution < 1.29 is 17.6 Å². The first kappa shape index (κ1) is 13.6. The van der Waals surface area contributed by atoms with E-state index in [9.17, 15) is 17.6 Å². The molecule has 0 aromatic heterocycles. The number of rotatable bonds is 4. The minimum atomic E-state index is -4.22. The maximum Gasteiger partial charge on any atom is 0.441 e. The summed E-state index contributed by atoms with van der Waals surface area (Å²) in [6.07, 6.45) is 0. The Kier molecular flexibility index (Phi) is 4.91. The molecule has 7 heteroatoms. The van der Waals surface area contributed by atoms with Crippen molar-refractivity contribution in [3.8, 4) is 0 Å². The minimum Gasteiger partial charge on any atom is -0.383 e. The van der Waals surface area contributed by atoms with Crippen molar-refractivity contribution in [1.82, 2.24) is 0 Å². The standard InChI is InChI=1S/C9H8BrF4NS/c10-7-2-1-6(11)5-8(7)15-3-4-16-9(12,13)14/h1-2,5,15H,3-4H2. The van der Waals surface area contributed by atoms with Crippen LogP contribution in [0.5, 0.6) is 0 Å². The zero-order valence-electron chi connectivity index (χ0n) is 7.94. The molecule has 0 aliphatic rings. The topological polar surface area (TPSA) is 12.0 Å². The van der Waals surface area contributed by atoms with E-state index >= 15 is 0 Å². The van der Waals surface area contributed by atoms with E-state index < -0.39 is 11.3 Å². The average Bonchev–Trinajstić information content (AvgIpc) is 2.16. The van der Waals surface area contributed by atoms with Gasteiger partial charge in [-0.25, -0.2) is 4.39 Å². The van der Waals surface area contributed by atoms with Crippen LogP contribution in [0.15, 0.2) is 22.7 Å². The summed E-state index contributed by atoms with van der Waals surface area (Å²) in [5.41, 5.74) is -3.77. The second-order valence-electron chi connectivity index (χ2n) is 2.85. The van der Waals surface area contributed by atoms with Crippen LogP contribution < -0.4 is 5.32 Å². The first-order chi connectivity index (χ1) is 7.38. The Morgan fingerprint density at radius 1 is 1.31 bits per heavy atom. The Bertz CT molecular complexity index is 356. The van der Waals surface area contributed by atoms with Crippen LogP contribution in [0.3, 0.4) is 0 Å². The van der Waals surface area contributed by atoms with Crippen molar-refractivity contribution in [3.63, 3.8) is 0 Å². The highest BCUT2D eigenvalue weighted by atomic mass is 79.9. The predicted molar refractivity (Wildman–Crippen MR) is 61.1 cm³/mol. The Balaban J connectivity index is 2.40. The molecule has 1 aromatic carbocycles. The number of anilines is 1. The summed E-state index contributed by atoms with van der Waals surface area (Å²) >= 11 is 3.06. The lowest BCUT2D eigenvalue weighted by atomic mass is 10.3. The molecule has 0 aliphatic carbocycles. The van der Waals surface area contributed by atoms with E-state index in [1.807, 2.05) is 0 Å². The lowest BCUT2D eigenvalue weighted by Crippen LogP contribution is -2.09. The summed E-state index contributed by atoms with van der Waals surface area (Å²) in [7, 11) is 0. The van der Waals surface area contributed by atoms with Gasteiger partial charge in [0.2, 0.25) is 0 Å². The van der Waals surface area contributed by atoms with Crippen molar-refractivity contribution in [2.24, 2.45) is 0 Å². The highest BCUT2D eigenvalue weighted by Crippen LogP contribution is 2.30. The number of alkyl halides is 3. The summed E-state index contributed by atoms with van der Waals surface area (Å²) in [6.45, 7) is 0.117. The van der Waals surface area contributed by atoms with Gasteiger partial charge < -0.3 is 5.32 Å². The lowest BCUT2D eigenvalue weighted by molar-refractivity contribution is -0.0327. The van der Waals surface area contributed by atoms with Crippen LogP contribution in [0, 0.1) is 5.82 Å². The maximum absolute atomic E-state index is 12.8. The third-order valence-corrected chi connectivity index (χ3v) is 3.04. The third-order valence-electron chi connectivity index (χ3n) is 1.61. The molecule has 0 heterocycles. The first-order valence-corrected chi connectivity index (χ1v) is 6.06. The van der Waals surface area contributed by atoms with Gasteiger partial charge in [-0.15, -0.1) is 0 Å². The Morgan fingerprint density at radius 3 is 2.62 bits per heavy atom. The fourth-order valence-electron chi connectivity index (χ4n) is 0.985. The van der Waals surface area contributed by atoms with Crippen LogP contribution in [0.4, 0.5) is 23.2 Å². The number of hydrogen-bond acceptors (Lipinski definition) is 2. The smallest absolute Gasteiger partial charge is 0.383 e. The first-order valence-electron chi connectivity index (χ1n) is 4.28. The number of benzene rings is 1. The van der Waals surface area contributed by atoms with Gasteiger partial charge in [0.25, 0.3) is 0 Å². The normalized spacial score (nSPS) is 11.6. The Hall–Kier alpha value is -0.430. The largest absolute Gasteiger partial charge is 0.441 e. The van der Waals surface area contributed by atoms with Gasteiger partial charge in [0.1, 0.15) is 5.82 Å². The predicted octanol–water partition coefficient (Wildman–Crippen LogP) is 4.25. The van der Waals surface area contributed by atoms with Crippen LogP contribution >= 0.6 is 27.7 Å². The van der Waals surface area contributed by atoms with E-state index in [2.05, 4.69) is 21.2 Å². The van der Waals surface area contributed by atoms with Gasteiger partial charge in [-0.3, -0.25) is 0 Å². The highest BCUT2D eigenvalue weighted by Gasteiger charge is 2.27. The fourth-order valence-corrected chi connectivity index (χ4v) is 1.81. The maximum atomic E-state index is 12.8. The molecular formula is C9H8BrF4NS. The summed E-state index contributed by atoms with van der Waals surface area (Å²) in [5.74, 6) is -0.555. The molecule has 0 unspecified atom stereocenters. The van der Waals surface area contributed by atoms with Crippen molar-refractivity contribution >= 4 is 33.4 Å².